The molecule has 0 fully saturated rings. The van der Waals surface area contributed by atoms with Crippen LogP contribution in [0.2, 0.25) is 0 Å². The maximum Gasteiger partial charge on any atom is 0.416 e. The minimum absolute atomic E-state index is 0.0296. The summed E-state index contributed by atoms with van der Waals surface area (Å²) < 4.78 is 44.1. The number of aromatic nitrogens is 2. The predicted octanol–water partition coefficient (Wildman–Crippen LogP) is 4.84. The van der Waals surface area contributed by atoms with E-state index in [-0.39, 0.29) is 6.54 Å². The first kappa shape index (κ1) is 18.7. The second-order valence-corrected chi connectivity index (χ2v) is 6.32. The van der Waals surface area contributed by atoms with Crippen molar-refractivity contribution >= 4 is 17.0 Å². The molecule has 4 rings (SSSR count). The number of benzene rings is 2. The fraction of sp³-hybridized carbons (Fsp3) is 0.0952. The Morgan fingerprint density at radius 3 is 2.69 bits per heavy atom. The van der Waals surface area contributed by atoms with E-state index in [9.17, 15) is 18.0 Å². The number of carbonyl (C=O) groups is 1. The fourth-order valence-corrected chi connectivity index (χ4v) is 2.82. The van der Waals surface area contributed by atoms with Crippen molar-refractivity contribution in [3.05, 3.63) is 83.7 Å². The average molecular weight is 397 g/mol. The van der Waals surface area contributed by atoms with Gasteiger partial charge in [0.1, 0.15) is 5.52 Å². The Hall–Kier alpha value is -3.68. The molecule has 0 saturated heterocycles. The van der Waals surface area contributed by atoms with Crippen LogP contribution in [-0.4, -0.2) is 15.9 Å². The second-order valence-electron chi connectivity index (χ2n) is 6.32. The van der Waals surface area contributed by atoms with Gasteiger partial charge in [0.25, 0.3) is 5.91 Å². The van der Waals surface area contributed by atoms with Gasteiger partial charge in [-0.05, 0) is 48.0 Å². The molecule has 0 atom stereocenters. The first-order valence-electron chi connectivity index (χ1n) is 8.65. The minimum Gasteiger partial charge on any atom is -0.436 e. The molecule has 0 bridgehead atoms. The van der Waals surface area contributed by atoms with E-state index >= 15 is 0 Å². The number of nitrogens with zero attached hydrogens (tertiary/aromatic N) is 2. The molecule has 1 amide bonds. The number of halogens is 3. The van der Waals surface area contributed by atoms with E-state index in [0.717, 1.165) is 12.1 Å². The maximum absolute atomic E-state index is 12.8. The van der Waals surface area contributed by atoms with Gasteiger partial charge >= 0.3 is 6.18 Å². The summed E-state index contributed by atoms with van der Waals surface area (Å²) in [5.41, 5.74) is 1.63. The molecule has 146 valence electrons. The summed E-state index contributed by atoms with van der Waals surface area (Å²) in [6, 6.07) is 13.2. The number of nitrogens with one attached hydrogen (secondary N) is 1. The van der Waals surface area contributed by atoms with Crippen molar-refractivity contribution in [3.8, 4) is 11.5 Å². The number of fused-ring (bicyclic) bond motifs is 1. The van der Waals surface area contributed by atoms with E-state index in [1.165, 1.54) is 12.1 Å². The molecule has 0 unspecified atom stereocenters. The molecule has 0 spiro atoms. The molecule has 2 heterocycles. The van der Waals surface area contributed by atoms with Crippen molar-refractivity contribution < 1.29 is 22.4 Å². The second kappa shape index (κ2) is 7.38. The third-order valence-corrected chi connectivity index (χ3v) is 4.27. The van der Waals surface area contributed by atoms with Crippen LogP contribution in [0.4, 0.5) is 13.2 Å². The van der Waals surface area contributed by atoms with Crippen LogP contribution >= 0.6 is 0 Å². The summed E-state index contributed by atoms with van der Waals surface area (Å²) in [6.07, 6.45) is -1.17. The highest BCUT2D eigenvalue weighted by Crippen LogP contribution is 2.29. The Balaban J connectivity index is 1.50. The Labute approximate surface area is 163 Å². The number of hydrogen-bond donors (Lipinski definition) is 1. The molecule has 2 aromatic carbocycles. The van der Waals surface area contributed by atoms with Crippen molar-refractivity contribution in [1.82, 2.24) is 15.3 Å². The summed E-state index contributed by atoms with van der Waals surface area (Å²) in [4.78, 5) is 20.8. The van der Waals surface area contributed by atoms with Gasteiger partial charge in [-0.25, -0.2) is 4.98 Å². The summed E-state index contributed by atoms with van der Waals surface area (Å²) >= 11 is 0. The molecule has 4 aromatic rings. The molecule has 0 saturated carbocycles. The van der Waals surface area contributed by atoms with Gasteiger partial charge in [-0.15, -0.1) is 0 Å². The number of pyridine rings is 1. The molecular formula is C21H14F3N3O2. The smallest absolute Gasteiger partial charge is 0.416 e. The van der Waals surface area contributed by atoms with Crippen molar-refractivity contribution in [1.29, 1.82) is 0 Å². The summed E-state index contributed by atoms with van der Waals surface area (Å²) in [5.74, 6) is -0.0433. The lowest BCUT2D eigenvalue weighted by atomic mass is 10.1. The van der Waals surface area contributed by atoms with Gasteiger partial charge in [0.15, 0.2) is 5.58 Å². The van der Waals surface area contributed by atoms with E-state index in [4.69, 9.17) is 4.42 Å². The Morgan fingerprint density at radius 2 is 1.93 bits per heavy atom. The van der Waals surface area contributed by atoms with E-state index in [1.807, 2.05) is 0 Å². The zero-order valence-corrected chi connectivity index (χ0v) is 14.9. The van der Waals surface area contributed by atoms with Crippen LogP contribution in [0.5, 0.6) is 0 Å². The van der Waals surface area contributed by atoms with Gasteiger partial charge in [0.2, 0.25) is 5.89 Å². The molecular weight excluding hydrogens is 383 g/mol. The fourth-order valence-electron chi connectivity index (χ4n) is 2.82. The third-order valence-electron chi connectivity index (χ3n) is 4.27. The highest BCUT2D eigenvalue weighted by atomic mass is 19.4. The average Bonchev–Trinajstić information content (AvgIpc) is 3.15. The maximum atomic E-state index is 12.8. The van der Waals surface area contributed by atoms with Crippen LogP contribution < -0.4 is 5.32 Å². The van der Waals surface area contributed by atoms with E-state index in [0.29, 0.717) is 33.7 Å². The lowest BCUT2D eigenvalue weighted by Crippen LogP contribution is -2.23. The molecule has 1 N–H and O–H groups in total. The Morgan fingerprint density at radius 1 is 1.07 bits per heavy atom. The molecule has 5 nitrogen and oxygen atoms in total. The van der Waals surface area contributed by atoms with Crippen LogP contribution in [0, 0.1) is 0 Å². The first-order chi connectivity index (χ1) is 13.9. The van der Waals surface area contributed by atoms with Gasteiger partial charge < -0.3 is 9.73 Å². The number of amides is 1. The van der Waals surface area contributed by atoms with Crippen molar-refractivity contribution in [2.24, 2.45) is 0 Å². The molecule has 0 aliphatic heterocycles. The zero-order valence-electron chi connectivity index (χ0n) is 14.9. The van der Waals surface area contributed by atoms with Crippen LogP contribution in [0.25, 0.3) is 22.6 Å². The van der Waals surface area contributed by atoms with Crippen LogP contribution in [0.3, 0.4) is 0 Å². The standard InChI is InChI=1S/C21H14F3N3O2/c22-21(23,24)16-5-1-3-13(9-16)11-26-19(28)14-6-7-17-18(10-14)29-20(27-17)15-4-2-8-25-12-15/h1-10,12H,11H2,(H,26,28). The molecule has 8 heteroatoms. The lowest BCUT2D eigenvalue weighted by Gasteiger charge is -2.09. The van der Waals surface area contributed by atoms with Gasteiger partial charge in [-0.1, -0.05) is 12.1 Å². The van der Waals surface area contributed by atoms with E-state index in [1.54, 1.807) is 42.7 Å². The van der Waals surface area contributed by atoms with Crippen LogP contribution in [-0.2, 0) is 12.7 Å². The van der Waals surface area contributed by atoms with Crippen molar-refractivity contribution in [3.63, 3.8) is 0 Å². The van der Waals surface area contributed by atoms with Crippen LogP contribution in [0.15, 0.2) is 71.4 Å². The number of rotatable bonds is 4. The van der Waals surface area contributed by atoms with Gasteiger partial charge in [-0.2, -0.15) is 13.2 Å². The molecule has 0 aliphatic carbocycles. The number of alkyl halides is 3. The minimum atomic E-state index is -4.43. The van der Waals surface area contributed by atoms with Gasteiger partial charge in [0, 0.05) is 24.5 Å². The highest BCUT2D eigenvalue weighted by molar-refractivity contribution is 5.97. The van der Waals surface area contributed by atoms with Gasteiger partial charge in [0.05, 0.1) is 11.1 Å². The van der Waals surface area contributed by atoms with E-state index in [2.05, 4.69) is 15.3 Å². The number of oxazole rings is 1. The Kier molecular flexibility index (Phi) is 4.75. The number of carbonyl (C=O) groups excluding carboxylic acids is 1. The van der Waals surface area contributed by atoms with Crippen molar-refractivity contribution in [2.45, 2.75) is 12.7 Å². The monoisotopic (exact) mass is 397 g/mol. The molecule has 0 aliphatic rings. The van der Waals surface area contributed by atoms with E-state index < -0.39 is 17.6 Å². The summed E-state index contributed by atoms with van der Waals surface area (Å²) in [7, 11) is 0. The van der Waals surface area contributed by atoms with Gasteiger partial charge in [-0.3, -0.25) is 9.78 Å². The summed E-state index contributed by atoms with van der Waals surface area (Å²) in [6.45, 7) is -0.0296. The highest BCUT2D eigenvalue weighted by Gasteiger charge is 2.30. The summed E-state index contributed by atoms with van der Waals surface area (Å²) in [5, 5.41) is 2.62. The predicted molar refractivity (Wildman–Crippen MR) is 99.9 cm³/mol. The SMILES string of the molecule is O=C(NCc1cccc(C(F)(F)F)c1)c1ccc2nc(-c3cccnc3)oc2c1. The quantitative estimate of drug-likeness (QED) is 0.535. The van der Waals surface area contributed by atoms with Crippen LogP contribution in [0.1, 0.15) is 21.5 Å². The molecule has 0 radical (unpaired) electrons. The zero-order chi connectivity index (χ0) is 20.4. The number of hydrogen-bond acceptors (Lipinski definition) is 4. The van der Waals surface area contributed by atoms with Crippen molar-refractivity contribution in [2.75, 3.05) is 0 Å². The normalized spacial score (nSPS) is 11.6. The molecule has 2 aromatic heterocycles. The molecule has 29 heavy (non-hydrogen) atoms. The Bertz CT molecular complexity index is 1170. The lowest BCUT2D eigenvalue weighted by molar-refractivity contribution is -0.137. The topological polar surface area (TPSA) is 68.0 Å². The largest absolute Gasteiger partial charge is 0.436 e. The third kappa shape index (κ3) is 4.11. The first-order valence-corrected chi connectivity index (χ1v) is 8.65.